The van der Waals surface area contributed by atoms with E-state index in [1.807, 2.05) is 0 Å². The van der Waals surface area contributed by atoms with Gasteiger partial charge in [0.2, 0.25) is 5.91 Å². The molecule has 100 valence electrons. The molecule has 17 heavy (non-hydrogen) atoms. The van der Waals surface area contributed by atoms with E-state index in [1.165, 1.54) is 25.7 Å². The predicted molar refractivity (Wildman–Crippen MR) is 72.4 cm³/mol. The lowest BCUT2D eigenvalue weighted by atomic mass is 9.85. The highest BCUT2D eigenvalue weighted by Crippen LogP contribution is 2.24. The fraction of sp³-hybridized carbons (Fsp3) is 0.923. The number of hydrogen-bond acceptors (Lipinski definition) is 2. The zero-order valence-corrected chi connectivity index (χ0v) is 11.5. The molecular weight excluding hydrogens is 236 g/mol. The zero-order valence-electron chi connectivity index (χ0n) is 10.7. The first-order valence-electron chi connectivity index (χ1n) is 6.78. The van der Waals surface area contributed by atoms with Crippen molar-refractivity contribution in [3.05, 3.63) is 0 Å². The summed E-state index contributed by atoms with van der Waals surface area (Å²) < 4.78 is 0. The van der Waals surface area contributed by atoms with Crippen LogP contribution in [0.2, 0.25) is 0 Å². The summed E-state index contributed by atoms with van der Waals surface area (Å²) in [5.74, 6) is 1.16. The van der Waals surface area contributed by atoms with E-state index < -0.39 is 0 Å². The standard InChI is InChI=1S/C13H24N2O.ClH/c1-10-5-2-3-7-12(10)15-13(16)11-6-4-8-14-9-11;/h10-12,14H,2-9H2,1H3,(H,15,16);1H/t10?,11-,12?;/m1./s1. The van der Waals surface area contributed by atoms with Gasteiger partial charge in [-0.1, -0.05) is 19.8 Å². The molecule has 3 nitrogen and oxygen atoms in total. The molecule has 1 saturated heterocycles. The second-order valence-electron chi connectivity index (χ2n) is 5.42. The SMILES string of the molecule is CC1CCCCC1NC(=O)[C@@H]1CCCNC1.Cl. The molecule has 2 N–H and O–H groups in total. The largest absolute Gasteiger partial charge is 0.353 e. The van der Waals surface area contributed by atoms with E-state index >= 15 is 0 Å². The molecule has 3 atom stereocenters. The lowest BCUT2D eigenvalue weighted by Gasteiger charge is -2.31. The molecule has 0 aromatic carbocycles. The van der Waals surface area contributed by atoms with Crippen LogP contribution < -0.4 is 10.6 Å². The second-order valence-corrected chi connectivity index (χ2v) is 5.42. The zero-order chi connectivity index (χ0) is 11.4. The Kier molecular flexibility index (Phi) is 6.28. The summed E-state index contributed by atoms with van der Waals surface area (Å²) in [5.41, 5.74) is 0. The Bertz CT molecular complexity index is 242. The van der Waals surface area contributed by atoms with Crippen molar-refractivity contribution in [2.24, 2.45) is 11.8 Å². The van der Waals surface area contributed by atoms with Crippen molar-refractivity contribution in [1.29, 1.82) is 0 Å². The molecule has 1 saturated carbocycles. The highest BCUT2D eigenvalue weighted by Gasteiger charge is 2.27. The molecule has 2 aliphatic rings. The quantitative estimate of drug-likeness (QED) is 0.799. The Morgan fingerprint density at radius 2 is 1.94 bits per heavy atom. The van der Waals surface area contributed by atoms with Gasteiger partial charge in [-0.2, -0.15) is 0 Å². The molecule has 4 heteroatoms. The maximum Gasteiger partial charge on any atom is 0.224 e. The number of carbonyl (C=O) groups excluding carboxylic acids is 1. The van der Waals surface area contributed by atoms with Crippen molar-refractivity contribution in [3.63, 3.8) is 0 Å². The molecule has 0 radical (unpaired) electrons. The van der Waals surface area contributed by atoms with Gasteiger partial charge in [0, 0.05) is 12.6 Å². The lowest BCUT2D eigenvalue weighted by Crippen LogP contribution is -2.47. The van der Waals surface area contributed by atoms with Crippen LogP contribution in [-0.4, -0.2) is 25.0 Å². The van der Waals surface area contributed by atoms with Gasteiger partial charge in [0.1, 0.15) is 0 Å². The molecule has 0 aromatic rings. The minimum Gasteiger partial charge on any atom is -0.353 e. The van der Waals surface area contributed by atoms with Crippen molar-refractivity contribution in [2.45, 2.75) is 51.5 Å². The van der Waals surface area contributed by atoms with E-state index in [9.17, 15) is 4.79 Å². The maximum absolute atomic E-state index is 12.1. The van der Waals surface area contributed by atoms with E-state index in [1.54, 1.807) is 0 Å². The highest BCUT2D eigenvalue weighted by molar-refractivity contribution is 5.85. The number of hydrogen-bond donors (Lipinski definition) is 2. The van der Waals surface area contributed by atoms with E-state index in [-0.39, 0.29) is 24.2 Å². The van der Waals surface area contributed by atoms with Crippen LogP contribution in [0.1, 0.15) is 45.4 Å². The van der Waals surface area contributed by atoms with Crippen molar-refractivity contribution < 1.29 is 4.79 Å². The van der Waals surface area contributed by atoms with E-state index in [0.717, 1.165) is 25.9 Å². The van der Waals surface area contributed by atoms with Crippen molar-refractivity contribution >= 4 is 18.3 Å². The van der Waals surface area contributed by atoms with Gasteiger partial charge in [-0.15, -0.1) is 12.4 Å². The number of amides is 1. The van der Waals surface area contributed by atoms with Crippen molar-refractivity contribution in [1.82, 2.24) is 10.6 Å². The van der Waals surface area contributed by atoms with Gasteiger partial charge in [-0.25, -0.2) is 0 Å². The summed E-state index contributed by atoms with van der Waals surface area (Å²) in [5, 5.41) is 6.56. The third kappa shape index (κ3) is 4.14. The third-order valence-corrected chi connectivity index (χ3v) is 4.11. The van der Waals surface area contributed by atoms with Gasteiger partial charge in [-0.3, -0.25) is 4.79 Å². The predicted octanol–water partition coefficient (Wildman–Crippen LogP) is 2.10. The van der Waals surface area contributed by atoms with E-state index in [2.05, 4.69) is 17.6 Å². The first-order chi connectivity index (χ1) is 7.77. The van der Waals surface area contributed by atoms with Crippen LogP contribution in [0.15, 0.2) is 0 Å². The molecule has 0 aromatic heterocycles. The molecule has 1 heterocycles. The normalized spacial score (nSPS) is 33.6. The number of piperidine rings is 1. The molecule has 1 aliphatic heterocycles. The number of nitrogens with one attached hydrogen (secondary N) is 2. The Balaban J connectivity index is 0.00000144. The van der Waals surface area contributed by atoms with Crippen LogP contribution in [0.5, 0.6) is 0 Å². The van der Waals surface area contributed by atoms with Gasteiger partial charge in [0.05, 0.1) is 5.92 Å². The molecule has 0 bridgehead atoms. The smallest absolute Gasteiger partial charge is 0.224 e. The van der Waals surface area contributed by atoms with Crippen molar-refractivity contribution in [2.75, 3.05) is 13.1 Å². The summed E-state index contributed by atoms with van der Waals surface area (Å²) in [6.45, 7) is 4.21. The minimum absolute atomic E-state index is 0. The monoisotopic (exact) mass is 260 g/mol. The van der Waals surface area contributed by atoms with Crippen LogP contribution in [0.3, 0.4) is 0 Å². The van der Waals surface area contributed by atoms with Gasteiger partial charge < -0.3 is 10.6 Å². The average molecular weight is 261 g/mol. The number of rotatable bonds is 2. The number of carbonyl (C=O) groups is 1. The fourth-order valence-corrected chi connectivity index (χ4v) is 2.91. The van der Waals surface area contributed by atoms with Crippen LogP contribution in [0.25, 0.3) is 0 Å². The Labute approximate surface area is 111 Å². The minimum atomic E-state index is 0. The Morgan fingerprint density at radius 3 is 2.59 bits per heavy atom. The van der Waals surface area contributed by atoms with E-state index in [0.29, 0.717) is 12.0 Å². The molecule has 0 spiro atoms. The summed E-state index contributed by atoms with van der Waals surface area (Å²) in [4.78, 5) is 12.1. The second kappa shape index (κ2) is 7.22. The molecule has 1 aliphatic carbocycles. The summed E-state index contributed by atoms with van der Waals surface area (Å²) in [6, 6.07) is 0.433. The summed E-state index contributed by atoms with van der Waals surface area (Å²) >= 11 is 0. The van der Waals surface area contributed by atoms with Gasteiger partial charge in [-0.05, 0) is 38.1 Å². The summed E-state index contributed by atoms with van der Waals surface area (Å²) in [7, 11) is 0. The lowest BCUT2D eigenvalue weighted by molar-refractivity contribution is -0.126. The van der Waals surface area contributed by atoms with Gasteiger partial charge in [0.25, 0.3) is 0 Å². The van der Waals surface area contributed by atoms with E-state index in [4.69, 9.17) is 0 Å². The fourth-order valence-electron chi connectivity index (χ4n) is 2.91. The number of halogens is 1. The first kappa shape index (κ1) is 14.8. The average Bonchev–Trinajstić information content (AvgIpc) is 2.33. The highest BCUT2D eigenvalue weighted by atomic mass is 35.5. The van der Waals surface area contributed by atoms with Crippen molar-refractivity contribution in [3.8, 4) is 0 Å². The summed E-state index contributed by atoms with van der Waals surface area (Å²) in [6.07, 6.45) is 7.25. The molecule has 2 fully saturated rings. The molecule has 1 amide bonds. The van der Waals surface area contributed by atoms with Crippen LogP contribution in [-0.2, 0) is 4.79 Å². The van der Waals surface area contributed by atoms with Crippen LogP contribution in [0, 0.1) is 11.8 Å². The third-order valence-electron chi connectivity index (χ3n) is 4.11. The van der Waals surface area contributed by atoms with Crippen LogP contribution in [0.4, 0.5) is 0 Å². The topological polar surface area (TPSA) is 41.1 Å². The van der Waals surface area contributed by atoms with Crippen LogP contribution >= 0.6 is 12.4 Å². The maximum atomic E-state index is 12.1. The van der Waals surface area contributed by atoms with Gasteiger partial charge >= 0.3 is 0 Å². The molecule has 2 rings (SSSR count). The Hall–Kier alpha value is -0.280. The first-order valence-corrected chi connectivity index (χ1v) is 6.78. The molecular formula is C13H25ClN2O. The van der Waals surface area contributed by atoms with Gasteiger partial charge in [0.15, 0.2) is 0 Å². The molecule has 2 unspecified atom stereocenters. The Morgan fingerprint density at radius 1 is 1.18 bits per heavy atom.